The van der Waals surface area contributed by atoms with Gasteiger partial charge in [-0.2, -0.15) is 0 Å². The second kappa shape index (κ2) is 21.1. The van der Waals surface area contributed by atoms with E-state index in [4.69, 9.17) is 71.1 Å². The van der Waals surface area contributed by atoms with Crippen LogP contribution in [-0.4, -0.2) is 187 Å². The summed E-state index contributed by atoms with van der Waals surface area (Å²) < 4.78 is 103. The minimum atomic E-state index is -0.939. The fourth-order valence-electron chi connectivity index (χ4n) is 18.2. The van der Waals surface area contributed by atoms with E-state index in [2.05, 4.69) is 47.3 Å². The van der Waals surface area contributed by atoms with Gasteiger partial charge in [0, 0.05) is 89.6 Å². The number of hydrogen-bond donors (Lipinski definition) is 2. The lowest BCUT2D eigenvalue weighted by Gasteiger charge is -2.63. The molecule has 0 saturated carbocycles. The number of ether oxygens (including phenoxy) is 15. The molecule has 0 amide bonds. The van der Waals surface area contributed by atoms with E-state index >= 15 is 0 Å². The third kappa shape index (κ3) is 10.0. The van der Waals surface area contributed by atoms with Gasteiger partial charge in [0.2, 0.25) is 0 Å². The molecule has 12 bridgehead atoms. The van der Waals surface area contributed by atoms with Crippen LogP contribution in [0.1, 0.15) is 150 Å². The molecule has 17 fully saturated rings. The monoisotopic (exact) mass is 1140 g/mol. The molecular weight excluding hydrogens is 1050 g/mol. The summed E-state index contributed by atoms with van der Waals surface area (Å²) in [5.41, 5.74) is 2.14. The largest absolute Gasteiger partial charge is 0.459 e. The quantitative estimate of drug-likeness (QED) is 0.247. The van der Waals surface area contributed by atoms with Gasteiger partial charge in [0.25, 0.3) is 0 Å². The summed E-state index contributed by atoms with van der Waals surface area (Å²) in [5, 5.41) is 20.4. The highest BCUT2D eigenvalue weighted by Crippen LogP contribution is 2.58. The van der Waals surface area contributed by atoms with Crippen molar-refractivity contribution in [2.45, 2.75) is 308 Å². The number of aliphatic hydroxyl groups is 2. The Morgan fingerprint density at radius 3 is 2.15 bits per heavy atom. The van der Waals surface area contributed by atoms with Gasteiger partial charge >= 0.3 is 5.97 Å². The Morgan fingerprint density at radius 1 is 0.580 bits per heavy atom. The molecule has 0 aliphatic carbocycles. The third-order valence-corrected chi connectivity index (χ3v) is 22.2. The van der Waals surface area contributed by atoms with E-state index in [-0.39, 0.29) is 165 Å². The number of esters is 1. The topological polar surface area (TPSA) is 213 Å². The summed E-state index contributed by atoms with van der Waals surface area (Å²) in [6, 6.07) is 0. The third-order valence-electron chi connectivity index (χ3n) is 22.2. The van der Waals surface area contributed by atoms with Crippen molar-refractivity contribution in [1.29, 1.82) is 0 Å². The Balaban J connectivity index is 0.650. The molecule has 1 radical (unpaired) electrons. The second-order valence-corrected chi connectivity index (χ2v) is 27.9. The van der Waals surface area contributed by atoms with Crippen molar-refractivity contribution in [1.82, 2.24) is 0 Å². The van der Waals surface area contributed by atoms with Crippen LogP contribution in [0.5, 0.6) is 0 Å². The smallest absolute Gasteiger partial charge is 0.308 e. The van der Waals surface area contributed by atoms with Gasteiger partial charge in [0.05, 0.1) is 134 Å². The number of aliphatic hydroxyl groups excluding tert-OH is 2. The highest BCUT2D eigenvalue weighted by molar-refractivity contribution is 5.79. The summed E-state index contributed by atoms with van der Waals surface area (Å²) in [7, 11) is 0. The van der Waals surface area contributed by atoms with Gasteiger partial charge in [0.1, 0.15) is 18.0 Å². The molecule has 3 unspecified atom stereocenters. The first-order chi connectivity index (χ1) is 39.0. The minimum Gasteiger partial charge on any atom is -0.459 e. The van der Waals surface area contributed by atoms with E-state index < -0.39 is 60.1 Å². The van der Waals surface area contributed by atoms with Crippen molar-refractivity contribution in [2.75, 3.05) is 6.61 Å². The van der Waals surface area contributed by atoms with Gasteiger partial charge in [-0.15, -0.1) is 0 Å². The maximum absolute atomic E-state index is 14.6. The summed E-state index contributed by atoms with van der Waals surface area (Å²) >= 11 is 0. The van der Waals surface area contributed by atoms with E-state index in [0.29, 0.717) is 64.2 Å². The van der Waals surface area contributed by atoms with E-state index in [0.717, 1.165) is 49.7 Å². The number of carbonyl (C=O) groups is 2. The lowest BCUT2D eigenvalue weighted by atomic mass is 9.75. The molecule has 17 aliphatic heterocycles. The highest BCUT2D eigenvalue weighted by atomic mass is 16.8. The van der Waals surface area contributed by atoms with Gasteiger partial charge < -0.3 is 81.3 Å². The van der Waals surface area contributed by atoms with Gasteiger partial charge in [-0.25, -0.2) is 0 Å². The van der Waals surface area contributed by atoms with Crippen molar-refractivity contribution >= 4 is 11.8 Å². The number of hydrogen-bond acceptors (Lipinski definition) is 19. The number of ketones is 1. The van der Waals surface area contributed by atoms with Crippen molar-refractivity contribution in [3.63, 3.8) is 0 Å². The Hall–Kier alpha value is -2.02. The zero-order chi connectivity index (χ0) is 55.4. The molecule has 17 aliphatic rings. The van der Waals surface area contributed by atoms with Crippen LogP contribution in [0.15, 0.2) is 24.3 Å². The Bertz CT molecular complexity index is 2410. The number of Topliss-reactive ketones (excluding diaryl/α,β-unsaturated/α-hetero) is 1. The molecule has 3 spiro atoms. The molecule has 0 aromatic carbocycles. The highest BCUT2D eigenvalue weighted by Gasteiger charge is 2.67. The van der Waals surface area contributed by atoms with Gasteiger partial charge in [-0.05, 0) is 73.8 Å². The van der Waals surface area contributed by atoms with E-state index in [1.54, 1.807) is 0 Å². The van der Waals surface area contributed by atoms with Crippen LogP contribution in [-0.2, 0) is 80.6 Å². The minimum absolute atomic E-state index is 0.00566. The van der Waals surface area contributed by atoms with Crippen LogP contribution < -0.4 is 0 Å². The normalized spacial score (nSPS) is 56.4. The molecule has 19 heteroatoms. The summed E-state index contributed by atoms with van der Waals surface area (Å²) in [6.45, 7) is 17.6. The molecule has 31 atom stereocenters. The van der Waals surface area contributed by atoms with E-state index in [1.165, 1.54) is 0 Å². The van der Waals surface area contributed by atoms with E-state index in [1.807, 2.05) is 0 Å². The maximum Gasteiger partial charge on any atom is 0.308 e. The zero-order valence-electron chi connectivity index (χ0n) is 47.6. The first kappa shape index (κ1) is 55.6. The Labute approximate surface area is 475 Å². The van der Waals surface area contributed by atoms with Crippen LogP contribution in [0.25, 0.3) is 0 Å². The molecule has 17 rings (SSSR count). The van der Waals surface area contributed by atoms with Gasteiger partial charge in [-0.3, -0.25) is 9.59 Å². The molecule has 449 valence electrons. The molecule has 17 saturated heterocycles. The van der Waals surface area contributed by atoms with Crippen LogP contribution in [0, 0.1) is 36.0 Å². The SMILES string of the molecule is C=C1C[C@@H]2CCC34CC5OC(O3)[C@H]5[C@H]3[CH][C@@H](O4)[C@H]4O[C@H](CC[C@@H]4O3)CC(=O)O[C@@H]3[C@@H](C)[C@@H]4O[C@@H]5C[C@]6(C[C@@H]7O[C@]8(C[C@H](C)[C@@H]9O[C@H](CC(=O)CCO)[C@H](O)C[C@@H]9O8)C[C@H](C)[C@@H]7O6)O[C@@H]5C[C@@H]4O[C@H]3C[C@H]3O[C@@H](CC[C@@H]1O2)C[C@@H](C)C3=C. The lowest BCUT2D eigenvalue weighted by molar-refractivity contribution is -0.476. The van der Waals surface area contributed by atoms with Crippen LogP contribution >= 0.6 is 0 Å². The fraction of sp³-hybridized carbons (Fsp3) is 0.887. The predicted molar refractivity (Wildman–Crippen MR) is 281 cm³/mol. The number of fused-ring (bicyclic) bond motifs is 10. The molecule has 2 N–H and O–H groups in total. The van der Waals surface area contributed by atoms with Crippen LogP contribution in [0.3, 0.4) is 0 Å². The average molecular weight is 1140 g/mol. The molecular formula is C62H87O19. The molecule has 0 aromatic heterocycles. The molecule has 0 aromatic rings. The maximum atomic E-state index is 14.6. The molecule has 19 nitrogen and oxygen atoms in total. The predicted octanol–water partition coefficient (Wildman–Crippen LogP) is 5.93. The second-order valence-electron chi connectivity index (χ2n) is 27.9. The van der Waals surface area contributed by atoms with Crippen molar-refractivity contribution in [3.05, 3.63) is 30.7 Å². The van der Waals surface area contributed by atoms with Crippen molar-refractivity contribution in [3.8, 4) is 0 Å². The molecule has 81 heavy (non-hydrogen) atoms. The standard InChI is InChI=1S/C62H87O19/c1-28-15-35-7-9-39-29(2)16-37(67-39)11-13-60-26-50-53(59(74-50)81-60)44-22-48(77-60)58-40(70-44)10-8-36(69-58)18-52(66)75-57-33(6)56-46(71-45(57)20-41(68-35)32(28)5)21-43-49(73-56)25-62(76-43)27-51-55(80-62)31(4)24-61(79-51)23-30(3)54-47(78-61)19-38(65)42(72-54)17-34(64)12-14-63/h22,28,30-31,33,35-51,53-59,63,65H,2,5,7-21,23-27H2,1,3-4,6H3/t28-,30+,31+,33+,35+,36-,37+,38-,39+,40+,41-,42-,43-,44-,45+,46+,47+,48-,49-,50?,51+,53+,54+,55+,56+,57-,58+,59?,60?,61-,62+/m1/s1. The lowest BCUT2D eigenvalue weighted by Crippen LogP contribution is -2.73. The van der Waals surface area contributed by atoms with Gasteiger partial charge in [0.15, 0.2) is 23.7 Å². The van der Waals surface area contributed by atoms with E-state index in [9.17, 15) is 19.8 Å². The molecule has 17 heterocycles. The Kier molecular flexibility index (Phi) is 14.5. The zero-order valence-corrected chi connectivity index (χ0v) is 47.6. The Morgan fingerprint density at radius 2 is 1.32 bits per heavy atom. The average Bonchev–Trinajstić information content (AvgIpc) is 3.16. The van der Waals surface area contributed by atoms with Gasteiger partial charge in [-0.1, -0.05) is 40.9 Å². The summed E-state index contributed by atoms with van der Waals surface area (Å²) in [6.07, 6.45) is 5.04. The van der Waals surface area contributed by atoms with Crippen molar-refractivity contribution < 1.29 is 90.9 Å². The van der Waals surface area contributed by atoms with Crippen molar-refractivity contribution in [2.24, 2.45) is 29.6 Å². The number of carbonyl (C=O) groups excluding carboxylic acids is 2. The summed E-state index contributed by atoms with van der Waals surface area (Å²) in [4.78, 5) is 27.0. The summed E-state index contributed by atoms with van der Waals surface area (Å²) in [5.74, 6) is -2.97. The first-order valence-electron chi connectivity index (χ1n) is 31.5. The van der Waals surface area contributed by atoms with Crippen LogP contribution in [0.2, 0.25) is 0 Å². The van der Waals surface area contributed by atoms with Crippen LogP contribution in [0.4, 0.5) is 0 Å². The fourth-order valence-corrected chi connectivity index (χ4v) is 18.2. The number of rotatable bonds is 4. The first-order valence-corrected chi connectivity index (χ1v) is 31.5.